The summed E-state index contributed by atoms with van der Waals surface area (Å²) >= 11 is 0. The molecule has 4 atom stereocenters. The van der Waals surface area contributed by atoms with Crippen LogP contribution in [0.25, 0.3) is 0 Å². The number of fused-ring (bicyclic) bond motifs is 1. The van der Waals surface area contributed by atoms with Gasteiger partial charge in [0.05, 0.1) is 0 Å². The van der Waals surface area contributed by atoms with Crippen molar-refractivity contribution < 1.29 is 0 Å². The largest absolute Gasteiger partial charge is 0.0845 e. The Morgan fingerprint density at radius 1 is 1.20 bits per heavy atom. The molecule has 0 bridgehead atoms. The number of hydrogen-bond donors (Lipinski definition) is 0. The zero-order chi connectivity index (χ0) is 11.0. The molecule has 0 N–H and O–H groups in total. The maximum absolute atomic E-state index is 2.58. The van der Waals surface area contributed by atoms with Crippen molar-refractivity contribution in [1.29, 1.82) is 0 Å². The van der Waals surface area contributed by atoms with Crippen LogP contribution in [-0.2, 0) is 0 Å². The highest BCUT2D eigenvalue weighted by molar-refractivity contribution is 5.17. The molecule has 0 radical (unpaired) electrons. The molecule has 0 aromatic heterocycles. The van der Waals surface area contributed by atoms with E-state index in [-0.39, 0.29) is 0 Å². The first-order valence-corrected chi connectivity index (χ1v) is 6.79. The van der Waals surface area contributed by atoms with Crippen molar-refractivity contribution in [2.75, 3.05) is 0 Å². The molecule has 1 saturated carbocycles. The van der Waals surface area contributed by atoms with Gasteiger partial charge in [-0.05, 0) is 55.3 Å². The van der Waals surface area contributed by atoms with Gasteiger partial charge < -0.3 is 0 Å². The lowest BCUT2D eigenvalue weighted by Gasteiger charge is -2.43. The average Bonchev–Trinajstić information content (AvgIpc) is 2.17. The monoisotopic (exact) mass is 206 g/mol. The Kier molecular flexibility index (Phi) is 3.23. The van der Waals surface area contributed by atoms with Gasteiger partial charge in [0.15, 0.2) is 0 Å². The van der Waals surface area contributed by atoms with Crippen LogP contribution in [-0.4, -0.2) is 0 Å². The predicted molar refractivity (Wildman–Crippen MR) is 66.7 cm³/mol. The van der Waals surface area contributed by atoms with Gasteiger partial charge in [0.25, 0.3) is 0 Å². The minimum absolute atomic E-state index is 0.871. The summed E-state index contributed by atoms with van der Waals surface area (Å²) in [6.45, 7) is 9.68. The fraction of sp³-hybridized carbons (Fsp3) is 0.867. The molecule has 0 aromatic rings. The Hall–Kier alpha value is -0.260. The van der Waals surface area contributed by atoms with Crippen LogP contribution in [0.15, 0.2) is 11.6 Å². The third kappa shape index (κ3) is 2.14. The van der Waals surface area contributed by atoms with Gasteiger partial charge in [0, 0.05) is 0 Å². The second-order valence-corrected chi connectivity index (χ2v) is 6.27. The van der Waals surface area contributed by atoms with E-state index in [0.29, 0.717) is 0 Å². The SMILES string of the molecule is CC(C)[C@@H]1CC[C@H](C)C2=CC[C@H](C)C[C@H]21. The average molecular weight is 206 g/mol. The summed E-state index contributed by atoms with van der Waals surface area (Å²) in [6.07, 6.45) is 8.27. The molecule has 2 aliphatic rings. The summed E-state index contributed by atoms with van der Waals surface area (Å²) in [5, 5.41) is 0. The van der Waals surface area contributed by atoms with Gasteiger partial charge >= 0.3 is 0 Å². The first kappa shape index (κ1) is 11.2. The van der Waals surface area contributed by atoms with Crippen LogP contribution >= 0.6 is 0 Å². The predicted octanol–water partition coefficient (Wildman–Crippen LogP) is 4.66. The second-order valence-electron chi connectivity index (χ2n) is 6.27. The van der Waals surface area contributed by atoms with Crippen molar-refractivity contribution in [3.05, 3.63) is 11.6 Å². The first-order valence-electron chi connectivity index (χ1n) is 6.79. The van der Waals surface area contributed by atoms with Gasteiger partial charge in [-0.15, -0.1) is 0 Å². The lowest BCUT2D eigenvalue weighted by Crippen LogP contribution is -2.33. The molecule has 0 heteroatoms. The van der Waals surface area contributed by atoms with E-state index in [1.165, 1.54) is 25.7 Å². The summed E-state index contributed by atoms with van der Waals surface area (Å²) in [7, 11) is 0. The second kappa shape index (κ2) is 4.31. The van der Waals surface area contributed by atoms with Crippen LogP contribution in [0.3, 0.4) is 0 Å². The highest BCUT2D eigenvalue weighted by atomic mass is 14.4. The van der Waals surface area contributed by atoms with Gasteiger partial charge in [-0.2, -0.15) is 0 Å². The summed E-state index contributed by atoms with van der Waals surface area (Å²) in [5.41, 5.74) is 1.82. The van der Waals surface area contributed by atoms with Gasteiger partial charge in [0.1, 0.15) is 0 Å². The Morgan fingerprint density at radius 2 is 1.93 bits per heavy atom. The molecule has 0 unspecified atom stereocenters. The topological polar surface area (TPSA) is 0 Å². The van der Waals surface area contributed by atoms with E-state index in [0.717, 1.165) is 29.6 Å². The Labute approximate surface area is 95.1 Å². The molecule has 86 valence electrons. The number of hydrogen-bond acceptors (Lipinski definition) is 0. The first-order chi connectivity index (χ1) is 7.09. The normalized spacial score (nSPS) is 41.3. The Bertz CT molecular complexity index is 249. The highest BCUT2D eigenvalue weighted by Crippen LogP contribution is 2.47. The van der Waals surface area contributed by atoms with Gasteiger partial charge in [0.2, 0.25) is 0 Å². The maximum atomic E-state index is 2.58. The summed E-state index contributed by atoms with van der Waals surface area (Å²) in [6, 6.07) is 0. The minimum Gasteiger partial charge on any atom is -0.0845 e. The van der Waals surface area contributed by atoms with E-state index < -0.39 is 0 Å². The van der Waals surface area contributed by atoms with E-state index in [4.69, 9.17) is 0 Å². The molecular formula is C15H26. The summed E-state index contributed by atoms with van der Waals surface area (Å²) < 4.78 is 0. The quantitative estimate of drug-likeness (QED) is 0.547. The zero-order valence-corrected chi connectivity index (χ0v) is 10.8. The standard InChI is InChI=1S/C15H26/c1-10(2)13-8-6-12(4)14-7-5-11(3)9-15(13)14/h7,10-13,15H,5-6,8-9H2,1-4H3/t11-,12-,13-,15-/m0/s1. The Balaban J connectivity index is 2.20. The van der Waals surface area contributed by atoms with Crippen LogP contribution in [0.1, 0.15) is 53.4 Å². The molecule has 0 nitrogen and oxygen atoms in total. The lowest BCUT2D eigenvalue weighted by atomic mass is 9.62. The fourth-order valence-corrected chi connectivity index (χ4v) is 3.75. The minimum atomic E-state index is 0.871. The molecule has 15 heavy (non-hydrogen) atoms. The van der Waals surface area contributed by atoms with Crippen molar-refractivity contribution in [3.8, 4) is 0 Å². The molecule has 0 heterocycles. The van der Waals surface area contributed by atoms with E-state index in [9.17, 15) is 0 Å². The van der Waals surface area contributed by atoms with E-state index in [2.05, 4.69) is 33.8 Å². The van der Waals surface area contributed by atoms with E-state index in [1.54, 1.807) is 0 Å². The molecule has 2 aliphatic carbocycles. The molecule has 0 amide bonds. The number of rotatable bonds is 1. The van der Waals surface area contributed by atoms with Crippen molar-refractivity contribution in [3.63, 3.8) is 0 Å². The zero-order valence-electron chi connectivity index (χ0n) is 10.8. The van der Waals surface area contributed by atoms with Crippen LogP contribution in [0.2, 0.25) is 0 Å². The molecule has 2 rings (SSSR count). The third-order valence-electron chi connectivity index (χ3n) is 4.72. The van der Waals surface area contributed by atoms with Crippen molar-refractivity contribution in [2.24, 2.45) is 29.6 Å². The summed E-state index contributed by atoms with van der Waals surface area (Å²) in [5.74, 6) is 4.56. The van der Waals surface area contributed by atoms with Crippen LogP contribution in [0, 0.1) is 29.6 Å². The maximum Gasteiger partial charge on any atom is -0.0167 e. The van der Waals surface area contributed by atoms with Crippen molar-refractivity contribution in [1.82, 2.24) is 0 Å². The molecular weight excluding hydrogens is 180 g/mol. The molecule has 0 saturated heterocycles. The molecule has 0 spiro atoms. The smallest absolute Gasteiger partial charge is 0.0167 e. The molecule has 0 aromatic carbocycles. The third-order valence-corrected chi connectivity index (χ3v) is 4.72. The molecule has 1 fully saturated rings. The van der Waals surface area contributed by atoms with Gasteiger partial charge in [-0.1, -0.05) is 39.3 Å². The van der Waals surface area contributed by atoms with Crippen LogP contribution in [0.4, 0.5) is 0 Å². The Morgan fingerprint density at radius 3 is 2.60 bits per heavy atom. The van der Waals surface area contributed by atoms with Gasteiger partial charge in [-0.25, -0.2) is 0 Å². The highest BCUT2D eigenvalue weighted by Gasteiger charge is 2.36. The van der Waals surface area contributed by atoms with E-state index >= 15 is 0 Å². The van der Waals surface area contributed by atoms with Crippen LogP contribution < -0.4 is 0 Å². The van der Waals surface area contributed by atoms with Crippen molar-refractivity contribution in [2.45, 2.75) is 53.4 Å². The van der Waals surface area contributed by atoms with Crippen LogP contribution in [0.5, 0.6) is 0 Å². The summed E-state index contributed by atoms with van der Waals surface area (Å²) in [4.78, 5) is 0. The van der Waals surface area contributed by atoms with Crippen molar-refractivity contribution >= 4 is 0 Å². The molecule has 0 aliphatic heterocycles. The van der Waals surface area contributed by atoms with Gasteiger partial charge in [-0.3, -0.25) is 0 Å². The number of allylic oxidation sites excluding steroid dienone is 2. The van der Waals surface area contributed by atoms with E-state index in [1.807, 2.05) is 5.57 Å². The lowest BCUT2D eigenvalue weighted by molar-refractivity contribution is 0.169. The fourth-order valence-electron chi connectivity index (χ4n) is 3.75.